The molecule has 1 heterocycles. The Balaban J connectivity index is 1.50. The summed E-state index contributed by atoms with van der Waals surface area (Å²) in [6.45, 7) is 0.440. The fourth-order valence-corrected chi connectivity index (χ4v) is 3.03. The number of thiophene rings is 1. The molecule has 114 valence electrons. The van der Waals surface area contributed by atoms with Crippen molar-refractivity contribution in [3.8, 4) is 11.8 Å². The summed E-state index contributed by atoms with van der Waals surface area (Å²) in [7, 11) is 0. The Morgan fingerprint density at radius 3 is 2.61 bits per heavy atom. The molecule has 3 aromatic rings. The first kappa shape index (κ1) is 15.1. The summed E-state index contributed by atoms with van der Waals surface area (Å²) in [6.07, 6.45) is 0. The smallest absolute Gasteiger partial charge is 0.348 e. The van der Waals surface area contributed by atoms with E-state index in [9.17, 15) is 4.79 Å². The maximum absolute atomic E-state index is 12.0. The lowest BCUT2D eigenvalue weighted by Gasteiger charge is -2.06. The lowest BCUT2D eigenvalue weighted by atomic mass is 10.2. The van der Waals surface area contributed by atoms with E-state index in [4.69, 9.17) is 14.7 Å². The molecule has 3 rings (SSSR count). The topological polar surface area (TPSA) is 59.3 Å². The highest BCUT2D eigenvalue weighted by Crippen LogP contribution is 2.25. The zero-order chi connectivity index (χ0) is 16.1. The molecule has 0 aliphatic carbocycles. The third kappa shape index (κ3) is 3.68. The predicted octanol–water partition coefficient (Wildman–Crippen LogP) is 4.01. The van der Waals surface area contributed by atoms with Gasteiger partial charge < -0.3 is 9.47 Å². The molecule has 0 atom stereocenters. The summed E-state index contributed by atoms with van der Waals surface area (Å²) in [6, 6.07) is 18.5. The van der Waals surface area contributed by atoms with Gasteiger partial charge in [0, 0.05) is 4.70 Å². The molecule has 2 aromatic carbocycles. The zero-order valence-electron chi connectivity index (χ0n) is 12.2. The molecule has 0 radical (unpaired) electrons. The fourth-order valence-electron chi connectivity index (χ4n) is 2.07. The Hall–Kier alpha value is -2.84. The highest BCUT2D eigenvalue weighted by Gasteiger charge is 2.11. The molecule has 0 aliphatic rings. The van der Waals surface area contributed by atoms with Crippen LogP contribution in [0.5, 0.6) is 5.75 Å². The van der Waals surface area contributed by atoms with Gasteiger partial charge in [0.2, 0.25) is 0 Å². The molecule has 0 bridgehead atoms. The van der Waals surface area contributed by atoms with E-state index in [2.05, 4.69) is 0 Å². The van der Waals surface area contributed by atoms with Crippen LogP contribution in [0.15, 0.2) is 54.6 Å². The van der Waals surface area contributed by atoms with Crippen molar-refractivity contribution in [3.63, 3.8) is 0 Å². The minimum atomic E-state index is -0.338. The van der Waals surface area contributed by atoms with Crippen LogP contribution >= 0.6 is 11.3 Å². The van der Waals surface area contributed by atoms with E-state index in [0.717, 1.165) is 10.1 Å². The van der Waals surface area contributed by atoms with Crippen LogP contribution in [0, 0.1) is 11.3 Å². The van der Waals surface area contributed by atoms with Crippen LogP contribution in [0.1, 0.15) is 15.2 Å². The van der Waals surface area contributed by atoms with Crippen LogP contribution in [-0.2, 0) is 4.74 Å². The van der Waals surface area contributed by atoms with E-state index in [1.54, 1.807) is 24.3 Å². The van der Waals surface area contributed by atoms with Gasteiger partial charge in [-0.2, -0.15) is 5.26 Å². The molecule has 23 heavy (non-hydrogen) atoms. The highest BCUT2D eigenvalue weighted by atomic mass is 32.1. The highest BCUT2D eigenvalue weighted by molar-refractivity contribution is 7.20. The third-order valence-corrected chi connectivity index (χ3v) is 4.29. The lowest BCUT2D eigenvalue weighted by molar-refractivity contribution is 0.0456. The summed E-state index contributed by atoms with van der Waals surface area (Å²) >= 11 is 1.42. The van der Waals surface area contributed by atoms with Crippen molar-refractivity contribution >= 4 is 27.4 Å². The maximum Gasteiger partial charge on any atom is 0.348 e. The summed E-state index contributed by atoms with van der Waals surface area (Å²) in [5.41, 5.74) is 0.577. The van der Waals surface area contributed by atoms with E-state index in [-0.39, 0.29) is 19.2 Å². The van der Waals surface area contributed by atoms with Crippen molar-refractivity contribution < 1.29 is 14.3 Å². The van der Waals surface area contributed by atoms with Crippen molar-refractivity contribution in [2.45, 2.75) is 0 Å². The number of rotatable bonds is 5. The average molecular weight is 323 g/mol. The predicted molar refractivity (Wildman–Crippen MR) is 88.8 cm³/mol. The second-order valence-corrected chi connectivity index (χ2v) is 5.85. The minimum Gasteiger partial charge on any atom is -0.490 e. The fraction of sp³-hybridized carbons (Fsp3) is 0.111. The van der Waals surface area contributed by atoms with E-state index >= 15 is 0 Å². The van der Waals surface area contributed by atoms with Gasteiger partial charge in [-0.15, -0.1) is 11.3 Å². The molecule has 0 saturated carbocycles. The number of ether oxygens (including phenoxy) is 2. The van der Waals surface area contributed by atoms with Crippen LogP contribution in [0.3, 0.4) is 0 Å². The van der Waals surface area contributed by atoms with Crippen molar-refractivity contribution in [1.29, 1.82) is 5.26 Å². The molecular formula is C18H13NO3S. The van der Waals surface area contributed by atoms with Crippen LogP contribution in [0.2, 0.25) is 0 Å². The first-order valence-corrected chi connectivity index (χ1v) is 7.86. The number of nitriles is 1. The van der Waals surface area contributed by atoms with Gasteiger partial charge in [-0.25, -0.2) is 4.79 Å². The van der Waals surface area contributed by atoms with Gasteiger partial charge in [-0.3, -0.25) is 0 Å². The van der Waals surface area contributed by atoms with E-state index < -0.39 is 0 Å². The Morgan fingerprint density at radius 2 is 1.87 bits per heavy atom. The van der Waals surface area contributed by atoms with Crippen LogP contribution in [-0.4, -0.2) is 19.2 Å². The van der Waals surface area contributed by atoms with Crippen LogP contribution < -0.4 is 4.74 Å². The van der Waals surface area contributed by atoms with Gasteiger partial charge in [0.15, 0.2) is 0 Å². The maximum atomic E-state index is 12.0. The molecule has 0 fully saturated rings. The van der Waals surface area contributed by atoms with E-state index in [1.165, 1.54) is 11.3 Å². The SMILES string of the molecule is N#Cc1ccc(OCCOC(=O)c2cc3ccccc3s2)cc1. The molecule has 1 aromatic heterocycles. The summed E-state index contributed by atoms with van der Waals surface area (Å²) in [5, 5.41) is 9.76. The number of carbonyl (C=O) groups excluding carboxylic acids is 1. The first-order valence-electron chi connectivity index (χ1n) is 7.05. The van der Waals surface area contributed by atoms with Crippen LogP contribution in [0.25, 0.3) is 10.1 Å². The molecule has 0 unspecified atom stereocenters. The van der Waals surface area contributed by atoms with Gasteiger partial charge in [-0.1, -0.05) is 18.2 Å². The Bertz CT molecular complexity index is 829. The molecule has 0 aliphatic heterocycles. The quantitative estimate of drug-likeness (QED) is 0.526. The molecule has 4 nitrogen and oxygen atoms in total. The minimum absolute atomic E-state index is 0.174. The standard InChI is InChI=1S/C18H13NO3S/c19-12-13-5-7-15(8-6-13)21-9-10-22-18(20)17-11-14-3-1-2-4-16(14)23-17/h1-8,11H,9-10H2. The number of nitrogens with zero attached hydrogens (tertiary/aromatic N) is 1. The van der Waals surface area contributed by atoms with Crippen molar-refractivity contribution in [2.75, 3.05) is 13.2 Å². The molecule has 0 spiro atoms. The van der Waals surface area contributed by atoms with Gasteiger partial charge in [-0.05, 0) is 41.8 Å². The second-order valence-electron chi connectivity index (χ2n) is 4.77. The molecule has 0 saturated heterocycles. The number of hydrogen-bond donors (Lipinski definition) is 0. The van der Waals surface area contributed by atoms with Crippen LogP contribution in [0.4, 0.5) is 0 Å². The zero-order valence-corrected chi connectivity index (χ0v) is 13.0. The Labute approximate surface area is 137 Å². The Kier molecular flexibility index (Phi) is 4.55. The molecule has 5 heteroatoms. The summed E-state index contributed by atoms with van der Waals surface area (Å²) in [4.78, 5) is 12.6. The monoisotopic (exact) mass is 323 g/mol. The summed E-state index contributed by atoms with van der Waals surface area (Å²) in [5.74, 6) is 0.302. The average Bonchev–Trinajstić information content (AvgIpc) is 3.03. The van der Waals surface area contributed by atoms with Crippen molar-refractivity contribution in [1.82, 2.24) is 0 Å². The van der Waals surface area contributed by atoms with Gasteiger partial charge in [0.25, 0.3) is 0 Å². The largest absolute Gasteiger partial charge is 0.490 e. The normalized spacial score (nSPS) is 10.2. The number of hydrogen-bond acceptors (Lipinski definition) is 5. The second kappa shape index (κ2) is 6.95. The number of carbonyl (C=O) groups is 1. The van der Waals surface area contributed by atoms with Crippen molar-refractivity contribution in [3.05, 3.63) is 65.0 Å². The van der Waals surface area contributed by atoms with Gasteiger partial charge in [0.05, 0.1) is 11.6 Å². The number of fused-ring (bicyclic) bond motifs is 1. The first-order chi connectivity index (χ1) is 11.3. The molecule has 0 N–H and O–H groups in total. The van der Waals surface area contributed by atoms with Gasteiger partial charge >= 0.3 is 5.97 Å². The third-order valence-electron chi connectivity index (χ3n) is 3.20. The molecular weight excluding hydrogens is 310 g/mol. The number of benzene rings is 2. The number of esters is 1. The van der Waals surface area contributed by atoms with Gasteiger partial charge in [0.1, 0.15) is 23.8 Å². The summed E-state index contributed by atoms with van der Waals surface area (Å²) < 4.78 is 11.7. The van der Waals surface area contributed by atoms with E-state index in [1.807, 2.05) is 36.4 Å². The Morgan fingerprint density at radius 1 is 1.09 bits per heavy atom. The van der Waals surface area contributed by atoms with Crippen molar-refractivity contribution in [2.24, 2.45) is 0 Å². The lowest BCUT2D eigenvalue weighted by Crippen LogP contribution is -2.11. The van der Waals surface area contributed by atoms with E-state index in [0.29, 0.717) is 16.2 Å². The molecule has 0 amide bonds.